The Morgan fingerprint density at radius 1 is 0.737 bits per heavy atom. The van der Waals surface area contributed by atoms with Crippen molar-refractivity contribution in [1.82, 2.24) is 0 Å². The summed E-state index contributed by atoms with van der Waals surface area (Å²) in [5.41, 5.74) is 9.17. The summed E-state index contributed by atoms with van der Waals surface area (Å²) >= 11 is 0. The van der Waals surface area contributed by atoms with Crippen molar-refractivity contribution in [1.29, 1.82) is 0 Å². The van der Waals surface area contributed by atoms with E-state index < -0.39 is 0 Å². The molecule has 1 nitrogen and oxygen atoms in total. The lowest BCUT2D eigenvalue weighted by Crippen LogP contribution is -1.95. The first-order valence-electron chi connectivity index (χ1n) is 6.35. The van der Waals surface area contributed by atoms with Crippen molar-refractivity contribution in [2.24, 2.45) is 5.73 Å². The molecule has 0 bridgehead atoms. The molecule has 2 N–H and O–H groups in total. The highest BCUT2D eigenvalue weighted by Gasteiger charge is 2.00. The van der Waals surface area contributed by atoms with Crippen LogP contribution in [0.5, 0.6) is 0 Å². The summed E-state index contributed by atoms with van der Waals surface area (Å²) in [5.74, 6) is 0. The van der Waals surface area contributed by atoms with E-state index in [1.54, 1.807) is 0 Å². The van der Waals surface area contributed by atoms with Crippen LogP contribution in [0.4, 0.5) is 0 Å². The summed E-state index contributed by atoms with van der Waals surface area (Å²) in [6.07, 6.45) is 2.04. The Morgan fingerprint density at radius 3 is 2.26 bits per heavy atom. The molecule has 0 amide bonds. The second-order valence-corrected chi connectivity index (χ2v) is 4.53. The third-order valence-corrected chi connectivity index (χ3v) is 3.24. The van der Waals surface area contributed by atoms with Crippen LogP contribution in [-0.4, -0.2) is 0 Å². The molecular formula is C18H15N. The molecule has 0 unspecified atom stereocenters. The third-order valence-electron chi connectivity index (χ3n) is 3.24. The Balaban J connectivity index is 2.11. The average molecular weight is 245 g/mol. The predicted octanol–water partition coefficient (Wildman–Crippen LogP) is 4.30. The predicted molar refractivity (Wildman–Crippen MR) is 82.4 cm³/mol. The Labute approximate surface area is 113 Å². The van der Waals surface area contributed by atoms with Gasteiger partial charge in [0.15, 0.2) is 0 Å². The molecule has 0 radical (unpaired) electrons. The minimum atomic E-state index is 0.789. The van der Waals surface area contributed by atoms with E-state index in [0.29, 0.717) is 0 Å². The van der Waals surface area contributed by atoms with Crippen LogP contribution < -0.4 is 5.73 Å². The molecule has 0 aliphatic rings. The molecule has 0 aromatic heterocycles. The van der Waals surface area contributed by atoms with Crippen LogP contribution in [0.25, 0.3) is 22.5 Å². The Kier molecular flexibility index (Phi) is 3.03. The van der Waals surface area contributed by atoms with Crippen molar-refractivity contribution in [3.8, 4) is 0 Å². The number of hydrogen-bond acceptors (Lipinski definition) is 1. The van der Waals surface area contributed by atoms with Crippen LogP contribution in [0.3, 0.4) is 0 Å². The first-order valence-corrected chi connectivity index (χ1v) is 6.35. The van der Waals surface area contributed by atoms with Crippen LogP contribution in [0, 0.1) is 0 Å². The van der Waals surface area contributed by atoms with Crippen LogP contribution in [0.2, 0.25) is 0 Å². The van der Waals surface area contributed by atoms with E-state index in [1.807, 2.05) is 36.4 Å². The van der Waals surface area contributed by atoms with Gasteiger partial charge in [-0.05, 0) is 28.0 Å². The van der Waals surface area contributed by atoms with E-state index in [2.05, 4.69) is 42.5 Å². The van der Waals surface area contributed by atoms with Crippen molar-refractivity contribution in [2.75, 3.05) is 0 Å². The van der Waals surface area contributed by atoms with Gasteiger partial charge < -0.3 is 5.73 Å². The highest BCUT2D eigenvalue weighted by atomic mass is 14.6. The van der Waals surface area contributed by atoms with Gasteiger partial charge in [0.1, 0.15) is 0 Å². The Hall–Kier alpha value is -2.54. The van der Waals surface area contributed by atoms with E-state index in [4.69, 9.17) is 5.73 Å². The van der Waals surface area contributed by atoms with Gasteiger partial charge in [0.25, 0.3) is 0 Å². The van der Waals surface area contributed by atoms with Crippen LogP contribution in [0.1, 0.15) is 11.1 Å². The van der Waals surface area contributed by atoms with E-state index in [1.165, 1.54) is 10.8 Å². The maximum atomic E-state index is 6.18. The zero-order valence-electron chi connectivity index (χ0n) is 10.6. The summed E-state index contributed by atoms with van der Waals surface area (Å²) in [6, 6.07) is 24.7. The minimum Gasteiger partial charge on any atom is -0.398 e. The fourth-order valence-corrected chi connectivity index (χ4v) is 2.26. The summed E-state index contributed by atoms with van der Waals surface area (Å²) in [6.45, 7) is 0. The molecule has 0 saturated carbocycles. The smallest absolute Gasteiger partial charge is 0.0393 e. The molecule has 3 aromatic carbocycles. The van der Waals surface area contributed by atoms with Gasteiger partial charge in [-0.2, -0.15) is 0 Å². The first kappa shape index (κ1) is 11.5. The topological polar surface area (TPSA) is 26.0 Å². The van der Waals surface area contributed by atoms with Gasteiger partial charge in [-0.25, -0.2) is 0 Å². The van der Waals surface area contributed by atoms with Crippen molar-refractivity contribution < 1.29 is 0 Å². The van der Waals surface area contributed by atoms with Crippen molar-refractivity contribution in [3.05, 3.63) is 83.9 Å². The van der Waals surface area contributed by atoms with Gasteiger partial charge in [-0.15, -0.1) is 0 Å². The van der Waals surface area contributed by atoms with Crippen molar-refractivity contribution in [2.45, 2.75) is 0 Å². The maximum absolute atomic E-state index is 6.18. The molecular weight excluding hydrogens is 230 g/mol. The monoisotopic (exact) mass is 245 g/mol. The molecule has 3 rings (SSSR count). The number of benzene rings is 3. The SMILES string of the molecule is N/C(=C/c1cccc2ccccc12)c1ccccc1. The van der Waals surface area contributed by atoms with Gasteiger partial charge in [-0.3, -0.25) is 0 Å². The summed E-state index contributed by atoms with van der Waals surface area (Å²) in [4.78, 5) is 0. The number of hydrogen-bond donors (Lipinski definition) is 1. The Morgan fingerprint density at radius 2 is 1.42 bits per heavy atom. The summed E-state index contributed by atoms with van der Waals surface area (Å²) in [7, 11) is 0. The molecule has 92 valence electrons. The molecule has 0 aliphatic carbocycles. The third kappa shape index (κ3) is 2.36. The molecule has 0 fully saturated rings. The molecule has 0 saturated heterocycles. The lowest BCUT2D eigenvalue weighted by atomic mass is 10.0. The van der Waals surface area contributed by atoms with E-state index >= 15 is 0 Å². The molecule has 19 heavy (non-hydrogen) atoms. The molecule has 0 aliphatic heterocycles. The van der Waals surface area contributed by atoms with Crippen LogP contribution in [0.15, 0.2) is 72.8 Å². The lowest BCUT2D eigenvalue weighted by molar-refractivity contribution is 1.53. The number of rotatable bonds is 2. The lowest BCUT2D eigenvalue weighted by Gasteiger charge is -2.05. The zero-order valence-corrected chi connectivity index (χ0v) is 10.6. The highest BCUT2D eigenvalue weighted by molar-refractivity contribution is 5.94. The van der Waals surface area contributed by atoms with Gasteiger partial charge in [0.2, 0.25) is 0 Å². The molecule has 0 heterocycles. The van der Waals surface area contributed by atoms with Gasteiger partial charge in [-0.1, -0.05) is 72.8 Å². The minimum absolute atomic E-state index is 0.789. The Bertz CT molecular complexity index is 722. The maximum Gasteiger partial charge on any atom is 0.0393 e. The number of fused-ring (bicyclic) bond motifs is 1. The first-order chi connectivity index (χ1) is 9.34. The summed E-state index contributed by atoms with van der Waals surface area (Å²) in [5, 5.41) is 2.46. The fourth-order valence-electron chi connectivity index (χ4n) is 2.26. The second-order valence-electron chi connectivity index (χ2n) is 4.53. The summed E-state index contributed by atoms with van der Waals surface area (Å²) < 4.78 is 0. The normalized spacial score (nSPS) is 11.7. The molecule has 1 heteroatoms. The molecule has 0 spiro atoms. The van der Waals surface area contributed by atoms with Gasteiger partial charge >= 0.3 is 0 Å². The van der Waals surface area contributed by atoms with Gasteiger partial charge in [0.05, 0.1) is 0 Å². The average Bonchev–Trinajstić information content (AvgIpc) is 2.48. The standard InChI is InChI=1S/C18H15N/c19-18(15-8-2-1-3-9-15)13-16-11-6-10-14-7-4-5-12-17(14)16/h1-13H,19H2/b18-13+. The van der Waals surface area contributed by atoms with E-state index in [9.17, 15) is 0 Å². The largest absolute Gasteiger partial charge is 0.398 e. The molecule has 3 aromatic rings. The van der Waals surface area contributed by atoms with E-state index in [-0.39, 0.29) is 0 Å². The second kappa shape index (κ2) is 4.99. The van der Waals surface area contributed by atoms with Gasteiger partial charge in [0, 0.05) is 5.70 Å². The fraction of sp³-hybridized carbons (Fsp3) is 0. The quantitative estimate of drug-likeness (QED) is 0.669. The molecule has 0 atom stereocenters. The van der Waals surface area contributed by atoms with E-state index in [0.717, 1.165) is 16.8 Å². The van der Waals surface area contributed by atoms with Crippen molar-refractivity contribution in [3.63, 3.8) is 0 Å². The van der Waals surface area contributed by atoms with Crippen LogP contribution in [-0.2, 0) is 0 Å². The zero-order chi connectivity index (χ0) is 13.1. The van der Waals surface area contributed by atoms with Crippen LogP contribution >= 0.6 is 0 Å². The number of nitrogens with two attached hydrogens (primary N) is 1. The van der Waals surface area contributed by atoms with Crippen molar-refractivity contribution >= 4 is 22.5 Å². The highest BCUT2D eigenvalue weighted by Crippen LogP contribution is 2.22.